The monoisotopic (exact) mass is 441 g/mol. The molecule has 0 aliphatic heterocycles. The molecule has 2 N–H and O–H groups in total. The summed E-state index contributed by atoms with van der Waals surface area (Å²) in [6, 6.07) is 11.2. The molecule has 0 radical (unpaired) electrons. The lowest BCUT2D eigenvalue weighted by Gasteiger charge is -2.13. The Bertz CT molecular complexity index is 952. The van der Waals surface area contributed by atoms with E-state index in [0.29, 0.717) is 47.6 Å². The van der Waals surface area contributed by atoms with Crippen LogP contribution in [0.2, 0.25) is 5.02 Å². The fourth-order valence-electron chi connectivity index (χ4n) is 2.57. The average molecular weight is 442 g/mol. The summed E-state index contributed by atoms with van der Waals surface area (Å²) < 4.78 is 42.5. The van der Waals surface area contributed by atoms with E-state index in [1.807, 2.05) is 19.1 Å². The summed E-state index contributed by atoms with van der Waals surface area (Å²) in [6.45, 7) is 3.59. The Morgan fingerprint density at radius 1 is 1.17 bits per heavy atom. The van der Waals surface area contributed by atoms with Crippen molar-refractivity contribution in [3.05, 3.63) is 64.4 Å². The number of ether oxygens (including phenoxy) is 1. The molecule has 9 heteroatoms. The van der Waals surface area contributed by atoms with Crippen molar-refractivity contribution < 1.29 is 17.5 Å². The lowest BCUT2D eigenvalue weighted by molar-refractivity contribution is 0.322. The Balaban J connectivity index is 1.98. The predicted octanol–water partition coefficient (Wildman–Crippen LogP) is 3.16. The maximum Gasteiger partial charge on any atom is 0.191 e. The molecule has 0 heterocycles. The van der Waals surface area contributed by atoms with E-state index in [1.165, 1.54) is 18.2 Å². The van der Waals surface area contributed by atoms with Crippen LogP contribution in [0.5, 0.6) is 5.75 Å². The van der Waals surface area contributed by atoms with Gasteiger partial charge in [-0.05, 0) is 48.4 Å². The maximum absolute atomic E-state index is 13.6. The molecule has 0 atom stereocenters. The number of aliphatic imine (C=N–C) groups is 1. The zero-order valence-corrected chi connectivity index (χ0v) is 18.0. The van der Waals surface area contributed by atoms with Crippen molar-refractivity contribution in [1.82, 2.24) is 10.6 Å². The fraction of sp³-hybridized carbons (Fsp3) is 0.350. The molecule has 2 aromatic carbocycles. The molecular weight excluding hydrogens is 417 g/mol. The number of sulfone groups is 1. The number of rotatable bonds is 9. The van der Waals surface area contributed by atoms with Gasteiger partial charge in [-0.3, -0.25) is 0 Å². The summed E-state index contributed by atoms with van der Waals surface area (Å²) >= 11 is 5.92. The van der Waals surface area contributed by atoms with Crippen molar-refractivity contribution in [3.63, 3.8) is 0 Å². The molecule has 0 unspecified atom stereocenters. The largest absolute Gasteiger partial charge is 0.492 e. The van der Waals surface area contributed by atoms with Gasteiger partial charge in [-0.1, -0.05) is 23.7 Å². The lowest BCUT2D eigenvalue weighted by Crippen LogP contribution is -2.39. The average Bonchev–Trinajstić information content (AvgIpc) is 2.64. The summed E-state index contributed by atoms with van der Waals surface area (Å²) in [5.74, 6) is 0.610. The van der Waals surface area contributed by atoms with Crippen molar-refractivity contribution in [1.29, 1.82) is 0 Å². The second kappa shape index (κ2) is 11.0. The van der Waals surface area contributed by atoms with Crippen LogP contribution in [0.25, 0.3) is 0 Å². The Kier molecular flexibility index (Phi) is 8.72. The van der Waals surface area contributed by atoms with Crippen LogP contribution in [-0.4, -0.2) is 40.3 Å². The minimum atomic E-state index is -3.24. The molecular formula is C20H25ClFN3O3S. The molecule has 0 spiro atoms. The molecule has 0 aliphatic carbocycles. The Hall–Kier alpha value is -2.32. The molecule has 0 fully saturated rings. The van der Waals surface area contributed by atoms with Crippen LogP contribution in [0.4, 0.5) is 4.39 Å². The van der Waals surface area contributed by atoms with Crippen molar-refractivity contribution in [2.24, 2.45) is 4.99 Å². The van der Waals surface area contributed by atoms with Crippen molar-refractivity contribution in [2.45, 2.75) is 19.2 Å². The van der Waals surface area contributed by atoms with Gasteiger partial charge in [-0.25, -0.2) is 17.8 Å². The Morgan fingerprint density at radius 3 is 2.66 bits per heavy atom. The molecule has 29 heavy (non-hydrogen) atoms. The van der Waals surface area contributed by atoms with Gasteiger partial charge in [0.15, 0.2) is 15.8 Å². The normalized spacial score (nSPS) is 11.9. The van der Waals surface area contributed by atoms with Crippen LogP contribution < -0.4 is 15.4 Å². The molecule has 0 saturated carbocycles. The highest BCUT2D eigenvalue weighted by molar-refractivity contribution is 7.89. The Morgan fingerprint density at radius 2 is 1.97 bits per heavy atom. The highest BCUT2D eigenvalue weighted by Crippen LogP contribution is 2.17. The SMILES string of the molecule is CCNC(=NCc1cc(F)ccc1CS(C)(=O)=O)NCCOc1cccc(Cl)c1. The van der Waals surface area contributed by atoms with E-state index >= 15 is 0 Å². The molecule has 0 amide bonds. The molecule has 2 aromatic rings. The van der Waals surface area contributed by atoms with Gasteiger partial charge in [-0.2, -0.15) is 0 Å². The number of benzene rings is 2. The van der Waals surface area contributed by atoms with Crippen molar-refractivity contribution in [3.8, 4) is 5.75 Å². The summed E-state index contributed by atoms with van der Waals surface area (Å²) in [5, 5.41) is 6.82. The van der Waals surface area contributed by atoms with Crippen LogP contribution >= 0.6 is 11.6 Å². The van der Waals surface area contributed by atoms with Gasteiger partial charge in [0.1, 0.15) is 18.2 Å². The maximum atomic E-state index is 13.6. The van der Waals surface area contributed by atoms with Gasteiger partial charge in [0, 0.05) is 17.8 Å². The first-order valence-corrected chi connectivity index (χ1v) is 11.6. The second-order valence-electron chi connectivity index (χ2n) is 6.41. The zero-order chi connectivity index (χ0) is 21.3. The first kappa shape index (κ1) is 23.0. The molecule has 0 bridgehead atoms. The number of nitrogens with zero attached hydrogens (tertiary/aromatic N) is 1. The lowest BCUT2D eigenvalue weighted by atomic mass is 10.1. The van der Waals surface area contributed by atoms with E-state index in [0.717, 1.165) is 6.26 Å². The van der Waals surface area contributed by atoms with E-state index < -0.39 is 15.7 Å². The first-order valence-electron chi connectivity index (χ1n) is 9.12. The third kappa shape index (κ3) is 8.70. The van der Waals surface area contributed by atoms with Gasteiger partial charge in [-0.15, -0.1) is 0 Å². The van der Waals surface area contributed by atoms with E-state index in [9.17, 15) is 12.8 Å². The topological polar surface area (TPSA) is 79.8 Å². The van der Waals surface area contributed by atoms with Crippen LogP contribution in [-0.2, 0) is 22.1 Å². The number of guanidine groups is 1. The smallest absolute Gasteiger partial charge is 0.191 e. The van der Waals surface area contributed by atoms with Gasteiger partial charge in [0.25, 0.3) is 0 Å². The van der Waals surface area contributed by atoms with E-state index in [1.54, 1.807) is 12.1 Å². The minimum Gasteiger partial charge on any atom is -0.492 e. The summed E-state index contributed by atoms with van der Waals surface area (Å²) in [7, 11) is -3.24. The number of nitrogens with one attached hydrogen (secondary N) is 2. The van der Waals surface area contributed by atoms with Gasteiger partial charge >= 0.3 is 0 Å². The van der Waals surface area contributed by atoms with E-state index in [4.69, 9.17) is 16.3 Å². The number of hydrogen-bond acceptors (Lipinski definition) is 4. The van der Waals surface area contributed by atoms with Gasteiger partial charge < -0.3 is 15.4 Å². The van der Waals surface area contributed by atoms with Crippen LogP contribution in [0, 0.1) is 5.82 Å². The van der Waals surface area contributed by atoms with Gasteiger partial charge in [0.05, 0.1) is 18.8 Å². The number of halogens is 2. The third-order valence-electron chi connectivity index (χ3n) is 3.80. The molecule has 6 nitrogen and oxygen atoms in total. The first-order chi connectivity index (χ1) is 13.8. The zero-order valence-electron chi connectivity index (χ0n) is 16.4. The molecule has 158 valence electrons. The van der Waals surface area contributed by atoms with E-state index in [-0.39, 0.29) is 12.3 Å². The summed E-state index contributed by atoms with van der Waals surface area (Å²) in [4.78, 5) is 4.43. The quantitative estimate of drug-likeness (QED) is 0.355. The minimum absolute atomic E-state index is 0.146. The van der Waals surface area contributed by atoms with Gasteiger partial charge in [0.2, 0.25) is 0 Å². The van der Waals surface area contributed by atoms with Crippen LogP contribution in [0.1, 0.15) is 18.1 Å². The Labute approximate surface area is 176 Å². The highest BCUT2D eigenvalue weighted by Gasteiger charge is 2.11. The molecule has 0 aliphatic rings. The van der Waals surface area contributed by atoms with Crippen LogP contribution in [0.15, 0.2) is 47.5 Å². The van der Waals surface area contributed by atoms with Crippen molar-refractivity contribution >= 4 is 27.4 Å². The van der Waals surface area contributed by atoms with E-state index in [2.05, 4.69) is 15.6 Å². The predicted molar refractivity (Wildman–Crippen MR) is 115 cm³/mol. The summed E-state index contributed by atoms with van der Waals surface area (Å²) in [5.41, 5.74) is 1.07. The van der Waals surface area contributed by atoms with Crippen LogP contribution in [0.3, 0.4) is 0 Å². The third-order valence-corrected chi connectivity index (χ3v) is 4.87. The molecule has 2 rings (SSSR count). The molecule has 0 aromatic heterocycles. The second-order valence-corrected chi connectivity index (χ2v) is 8.99. The summed E-state index contributed by atoms with van der Waals surface area (Å²) in [6.07, 6.45) is 1.15. The van der Waals surface area contributed by atoms with Crippen molar-refractivity contribution in [2.75, 3.05) is 26.0 Å². The molecule has 0 saturated heterocycles. The fourth-order valence-corrected chi connectivity index (χ4v) is 3.59. The number of hydrogen-bond donors (Lipinski definition) is 2. The highest BCUT2D eigenvalue weighted by atomic mass is 35.5. The standard InChI is InChI=1S/C20H25ClFN3O3S/c1-3-23-20(24-9-10-28-19-6-4-5-17(21)12-19)25-13-16-11-18(22)8-7-15(16)14-29(2,26)27/h4-8,11-12H,3,9-10,13-14H2,1-2H3,(H2,23,24,25).